The van der Waals surface area contributed by atoms with Gasteiger partial charge in [-0.15, -0.1) is 0 Å². The van der Waals surface area contributed by atoms with Crippen molar-refractivity contribution in [3.05, 3.63) is 57.1 Å². The first-order valence-electron chi connectivity index (χ1n) is 7.54. The number of nitrogens with one attached hydrogen (secondary N) is 1. The molecule has 1 aliphatic heterocycles. The number of carbonyl (C=O) groups excluding carboxylic acids is 1. The molecule has 1 aliphatic rings. The minimum atomic E-state index is -0.189. The maximum Gasteiger partial charge on any atom is 0.292 e. The number of aromatic amines is 1. The van der Waals surface area contributed by atoms with Gasteiger partial charge in [-0.3, -0.25) is 9.59 Å². The van der Waals surface area contributed by atoms with Crippen LogP contribution in [0.1, 0.15) is 28.7 Å². The van der Waals surface area contributed by atoms with Gasteiger partial charge in [0.25, 0.3) is 11.5 Å². The third kappa shape index (κ3) is 2.76. The van der Waals surface area contributed by atoms with Crippen LogP contribution >= 0.6 is 11.3 Å². The van der Waals surface area contributed by atoms with Crippen molar-refractivity contribution >= 4 is 17.2 Å². The number of nitrogens with zero attached hydrogens (tertiary/aromatic N) is 3. The van der Waals surface area contributed by atoms with E-state index in [9.17, 15) is 9.59 Å². The number of thiophene rings is 1. The molecule has 0 aromatic carbocycles. The minimum Gasteiger partial charge on any atom is -0.351 e. The zero-order valence-corrected chi connectivity index (χ0v) is 13.5. The Balaban J connectivity index is 1.57. The quantitative estimate of drug-likeness (QED) is 0.787. The van der Waals surface area contributed by atoms with Gasteiger partial charge in [-0.25, -0.2) is 4.98 Å². The van der Waals surface area contributed by atoms with E-state index >= 15 is 0 Å². The summed E-state index contributed by atoms with van der Waals surface area (Å²) >= 11 is 1.56. The first-order chi connectivity index (χ1) is 11.7. The summed E-state index contributed by atoms with van der Waals surface area (Å²) < 4.78 is 4.92. The lowest BCUT2D eigenvalue weighted by Crippen LogP contribution is -2.28. The lowest BCUT2D eigenvalue weighted by atomic mass is 10.1. The lowest BCUT2D eigenvalue weighted by Gasteiger charge is -2.14. The van der Waals surface area contributed by atoms with E-state index in [2.05, 4.69) is 15.1 Å². The number of hydrogen-bond acceptors (Lipinski definition) is 6. The lowest BCUT2D eigenvalue weighted by molar-refractivity contribution is 0.0749. The Morgan fingerprint density at radius 1 is 1.42 bits per heavy atom. The highest BCUT2D eigenvalue weighted by Gasteiger charge is 2.31. The van der Waals surface area contributed by atoms with Crippen LogP contribution < -0.4 is 5.56 Å². The molecule has 1 N–H and O–H groups in total. The third-order valence-corrected chi connectivity index (χ3v) is 4.77. The van der Waals surface area contributed by atoms with E-state index in [1.807, 2.05) is 16.8 Å². The van der Waals surface area contributed by atoms with E-state index in [1.165, 1.54) is 12.3 Å². The molecule has 3 aromatic rings. The van der Waals surface area contributed by atoms with Gasteiger partial charge < -0.3 is 14.4 Å². The average Bonchev–Trinajstić information content (AvgIpc) is 3.36. The number of carbonyl (C=O) groups is 1. The van der Waals surface area contributed by atoms with Gasteiger partial charge in [-0.05, 0) is 17.9 Å². The number of amides is 1. The molecule has 1 amide bonds. The van der Waals surface area contributed by atoms with Gasteiger partial charge in [0, 0.05) is 42.1 Å². The highest BCUT2D eigenvalue weighted by molar-refractivity contribution is 7.08. The van der Waals surface area contributed by atoms with E-state index in [4.69, 9.17) is 4.52 Å². The van der Waals surface area contributed by atoms with Crippen LogP contribution in [0, 0.1) is 0 Å². The van der Waals surface area contributed by atoms with Crippen LogP contribution in [-0.4, -0.2) is 39.0 Å². The summed E-state index contributed by atoms with van der Waals surface area (Å²) in [6.45, 7) is 1.09. The first kappa shape index (κ1) is 14.8. The van der Waals surface area contributed by atoms with Crippen molar-refractivity contribution in [1.82, 2.24) is 20.0 Å². The molecule has 24 heavy (non-hydrogen) atoms. The molecule has 0 saturated carbocycles. The fraction of sp³-hybridized carbons (Fsp3) is 0.250. The van der Waals surface area contributed by atoms with Gasteiger partial charge in [0.05, 0.1) is 11.9 Å². The molecule has 122 valence electrons. The Hall–Kier alpha value is -2.74. The first-order valence-corrected chi connectivity index (χ1v) is 8.49. The molecular weight excluding hydrogens is 328 g/mol. The van der Waals surface area contributed by atoms with Crippen molar-refractivity contribution in [2.45, 2.75) is 12.3 Å². The summed E-state index contributed by atoms with van der Waals surface area (Å²) in [7, 11) is 0. The highest BCUT2D eigenvalue weighted by Crippen LogP contribution is 2.27. The number of rotatable bonds is 3. The van der Waals surface area contributed by atoms with Gasteiger partial charge in [-0.1, -0.05) is 5.16 Å². The predicted octanol–water partition coefficient (Wildman–Crippen LogP) is 2.12. The van der Waals surface area contributed by atoms with Crippen molar-refractivity contribution in [2.75, 3.05) is 13.1 Å². The van der Waals surface area contributed by atoms with E-state index in [0.717, 1.165) is 12.0 Å². The summed E-state index contributed by atoms with van der Waals surface area (Å²) in [4.78, 5) is 33.4. The van der Waals surface area contributed by atoms with Crippen molar-refractivity contribution in [3.63, 3.8) is 0 Å². The normalized spacial score (nSPS) is 17.3. The second-order valence-electron chi connectivity index (χ2n) is 5.64. The zero-order chi connectivity index (χ0) is 16.5. The smallest absolute Gasteiger partial charge is 0.292 e. The van der Waals surface area contributed by atoms with Gasteiger partial charge >= 0.3 is 0 Å². The zero-order valence-electron chi connectivity index (χ0n) is 12.6. The van der Waals surface area contributed by atoms with Crippen LogP contribution in [0.5, 0.6) is 0 Å². The maximum atomic E-state index is 12.3. The second kappa shape index (κ2) is 6.04. The SMILES string of the molecule is O=C(c1ccno1)N1CC[C@H](c2nc(-c3ccsc3)cc(=O)[nH]2)C1. The number of H-pyrrole nitrogens is 1. The van der Waals surface area contributed by atoms with Crippen molar-refractivity contribution in [3.8, 4) is 11.3 Å². The molecule has 3 aromatic heterocycles. The molecule has 0 aliphatic carbocycles. The van der Waals surface area contributed by atoms with Gasteiger partial charge in [0.1, 0.15) is 5.82 Å². The molecule has 0 bridgehead atoms. The van der Waals surface area contributed by atoms with Crippen LogP contribution in [0.4, 0.5) is 0 Å². The molecule has 8 heteroatoms. The average molecular weight is 342 g/mol. The van der Waals surface area contributed by atoms with Gasteiger partial charge in [-0.2, -0.15) is 11.3 Å². The summed E-state index contributed by atoms with van der Waals surface area (Å²) in [5.74, 6) is 0.662. The molecule has 0 unspecified atom stereocenters. The van der Waals surface area contributed by atoms with Crippen LogP contribution in [-0.2, 0) is 0 Å². The van der Waals surface area contributed by atoms with Crippen LogP contribution in [0.2, 0.25) is 0 Å². The number of hydrogen-bond donors (Lipinski definition) is 1. The third-order valence-electron chi connectivity index (χ3n) is 4.09. The molecule has 1 atom stereocenters. The van der Waals surface area contributed by atoms with E-state index in [0.29, 0.717) is 24.6 Å². The monoisotopic (exact) mass is 342 g/mol. The van der Waals surface area contributed by atoms with Crippen LogP contribution in [0.25, 0.3) is 11.3 Å². The largest absolute Gasteiger partial charge is 0.351 e. The Bertz CT molecular complexity index is 902. The summed E-state index contributed by atoms with van der Waals surface area (Å²) in [5.41, 5.74) is 1.41. The Labute approximate surface area is 140 Å². The van der Waals surface area contributed by atoms with E-state index in [-0.39, 0.29) is 23.1 Å². The predicted molar refractivity (Wildman–Crippen MR) is 87.9 cm³/mol. The Morgan fingerprint density at radius 3 is 3.08 bits per heavy atom. The molecule has 4 rings (SSSR count). The van der Waals surface area contributed by atoms with Gasteiger partial charge in [0.2, 0.25) is 5.76 Å². The molecule has 7 nitrogen and oxygen atoms in total. The fourth-order valence-electron chi connectivity index (χ4n) is 2.88. The van der Waals surface area contributed by atoms with Crippen molar-refractivity contribution in [1.29, 1.82) is 0 Å². The van der Waals surface area contributed by atoms with Crippen molar-refractivity contribution in [2.24, 2.45) is 0 Å². The summed E-state index contributed by atoms with van der Waals surface area (Å²) in [6, 6.07) is 4.98. The summed E-state index contributed by atoms with van der Waals surface area (Å²) in [6.07, 6.45) is 2.19. The van der Waals surface area contributed by atoms with Crippen LogP contribution in [0.3, 0.4) is 0 Å². The molecule has 1 saturated heterocycles. The maximum absolute atomic E-state index is 12.3. The Morgan fingerprint density at radius 2 is 2.33 bits per heavy atom. The Kier molecular flexibility index (Phi) is 3.73. The van der Waals surface area contributed by atoms with E-state index in [1.54, 1.807) is 22.3 Å². The number of likely N-dealkylation sites (tertiary alicyclic amines) is 1. The molecule has 0 radical (unpaired) electrons. The van der Waals surface area contributed by atoms with Crippen molar-refractivity contribution < 1.29 is 9.32 Å². The van der Waals surface area contributed by atoms with Gasteiger partial charge in [0.15, 0.2) is 0 Å². The topological polar surface area (TPSA) is 92.1 Å². The number of aromatic nitrogens is 3. The second-order valence-corrected chi connectivity index (χ2v) is 6.42. The highest BCUT2D eigenvalue weighted by atomic mass is 32.1. The molecule has 0 spiro atoms. The fourth-order valence-corrected chi connectivity index (χ4v) is 3.53. The van der Waals surface area contributed by atoms with E-state index < -0.39 is 0 Å². The molecule has 1 fully saturated rings. The minimum absolute atomic E-state index is 0.00292. The van der Waals surface area contributed by atoms with Crippen LogP contribution in [0.15, 0.2) is 44.5 Å². The summed E-state index contributed by atoms with van der Waals surface area (Å²) in [5, 5.41) is 7.47. The standard InChI is InChI=1S/C16H14N4O3S/c21-14-7-12(11-3-6-24-9-11)18-15(19-14)10-2-5-20(8-10)16(22)13-1-4-17-23-13/h1,3-4,6-7,9-10H,2,5,8H2,(H,18,19,21)/t10-/m0/s1. The molecule has 4 heterocycles. The molecular formula is C16H14N4O3S.